The molecule has 0 aliphatic carbocycles. The Balaban J connectivity index is 1.69. The zero-order valence-electron chi connectivity index (χ0n) is 12.7. The van der Waals surface area contributed by atoms with Crippen molar-refractivity contribution in [2.24, 2.45) is 0 Å². The number of hydrogen-bond donors (Lipinski definition) is 2. The molecular formula is C19H14N4O. The van der Waals surface area contributed by atoms with Crippen LogP contribution >= 0.6 is 0 Å². The average molecular weight is 314 g/mol. The van der Waals surface area contributed by atoms with Crippen molar-refractivity contribution < 1.29 is 5.11 Å². The zero-order chi connectivity index (χ0) is 16.4. The third kappa shape index (κ3) is 2.87. The summed E-state index contributed by atoms with van der Waals surface area (Å²) in [6.07, 6.45) is 3.52. The molecule has 24 heavy (non-hydrogen) atoms. The van der Waals surface area contributed by atoms with Gasteiger partial charge in [-0.2, -0.15) is 0 Å². The van der Waals surface area contributed by atoms with Crippen LogP contribution in [0, 0.1) is 0 Å². The third-order valence-corrected chi connectivity index (χ3v) is 3.66. The summed E-state index contributed by atoms with van der Waals surface area (Å²) in [5.41, 5.74) is 4.42. The Bertz CT molecular complexity index is 985. The smallest absolute Gasteiger partial charge is 0.227 e. The van der Waals surface area contributed by atoms with Crippen LogP contribution in [0.3, 0.4) is 0 Å². The molecule has 0 aliphatic rings. The lowest BCUT2D eigenvalue weighted by Gasteiger charge is -2.07. The predicted molar refractivity (Wildman–Crippen MR) is 94.2 cm³/mol. The lowest BCUT2D eigenvalue weighted by Crippen LogP contribution is -1.97. The summed E-state index contributed by atoms with van der Waals surface area (Å²) >= 11 is 0. The van der Waals surface area contributed by atoms with E-state index in [-0.39, 0.29) is 5.75 Å². The molecule has 0 saturated heterocycles. The number of pyridine rings is 1. The highest BCUT2D eigenvalue weighted by Gasteiger charge is 2.05. The van der Waals surface area contributed by atoms with E-state index in [4.69, 9.17) is 0 Å². The molecule has 2 aromatic carbocycles. The minimum atomic E-state index is 0.219. The van der Waals surface area contributed by atoms with Crippen molar-refractivity contribution in [3.05, 3.63) is 73.1 Å². The summed E-state index contributed by atoms with van der Waals surface area (Å²) < 4.78 is 0. The predicted octanol–water partition coefficient (Wildman–Crippen LogP) is 4.14. The summed E-state index contributed by atoms with van der Waals surface area (Å²) in [6, 6.07) is 18.8. The third-order valence-electron chi connectivity index (χ3n) is 3.66. The number of nitrogens with one attached hydrogen (secondary N) is 1. The molecule has 5 heteroatoms. The highest BCUT2D eigenvalue weighted by molar-refractivity contribution is 5.80. The van der Waals surface area contributed by atoms with E-state index in [1.165, 1.54) is 0 Å². The van der Waals surface area contributed by atoms with Crippen molar-refractivity contribution in [2.45, 2.75) is 0 Å². The first kappa shape index (κ1) is 14.1. The van der Waals surface area contributed by atoms with Gasteiger partial charge in [0.1, 0.15) is 11.3 Å². The number of hydrogen-bond acceptors (Lipinski definition) is 5. The van der Waals surface area contributed by atoms with Gasteiger partial charge in [0, 0.05) is 17.4 Å². The van der Waals surface area contributed by atoms with Gasteiger partial charge >= 0.3 is 0 Å². The topological polar surface area (TPSA) is 70.9 Å². The minimum absolute atomic E-state index is 0.219. The monoisotopic (exact) mass is 314 g/mol. The molecule has 2 heterocycles. The van der Waals surface area contributed by atoms with Crippen LogP contribution in [0.2, 0.25) is 0 Å². The maximum atomic E-state index is 9.34. The molecule has 0 saturated carbocycles. The van der Waals surface area contributed by atoms with Crippen molar-refractivity contribution >= 4 is 22.7 Å². The van der Waals surface area contributed by atoms with Crippen LogP contribution in [-0.4, -0.2) is 20.1 Å². The molecule has 0 aliphatic heterocycles. The van der Waals surface area contributed by atoms with E-state index in [1.807, 2.05) is 42.6 Å². The maximum Gasteiger partial charge on any atom is 0.227 e. The van der Waals surface area contributed by atoms with E-state index >= 15 is 0 Å². The van der Waals surface area contributed by atoms with Gasteiger partial charge < -0.3 is 10.4 Å². The van der Waals surface area contributed by atoms with E-state index in [9.17, 15) is 5.11 Å². The molecule has 2 aromatic heterocycles. The second kappa shape index (κ2) is 5.96. The number of benzene rings is 2. The maximum absolute atomic E-state index is 9.34. The summed E-state index contributed by atoms with van der Waals surface area (Å²) in [4.78, 5) is 13.2. The van der Waals surface area contributed by atoms with Crippen LogP contribution in [0.25, 0.3) is 22.2 Å². The first-order valence-electron chi connectivity index (χ1n) is 7.52. The first-order chi connectivity index (χ1) is 11.8. The zero-order valence-corrected chi connectivity index (χ0v) is 12.7. The Labute approximate surface area is 138 Å². The number of nitrogens with zero attached hydrogens (tertiary/aromatic N) is 3. The van der Waals surface area contributed by atoms with Gasteiger partial charge in [-0.05, 0) is 35.9 Å². The standard InChI is InChI=1S/C19H14N4O/c24-16-8-6-15(7-9-16)22-19-21-12-18-17(23-19)10-14(11-20-18)13-4-2-1-3-5-13/h1-12,24H,(H,21,22,23). The van der Waals surface area contributed by atoms with Gasteiger partial charge in [0.05, 0.1) is 11.7 Å². The molecule has 0 fully saturated rings. The van der Waals surface area contributed by atoms with Crippen molar-refractivity contribution in [3.8, 4) is 16.9 Å². The molecule has 5 nitrogen and oxygen atoms in total. The van der Waals surface area contributed by atoms with E-state index in [0.717, 1.165) is 27.8 Å². The van der Waals surface area contributed by atoms with Crippen LogP contribution in [0.1, 0.15) is 0 Å². The van der Waals surface area contributed by atoms with E-state index in [0.29, 0.717) is 5.95 Å². The SMILES string of the molecule is Oc1ccc(Nc2ncc3ncc(-c4ccccc4)cc3n2)cc1. The van der Waals surface area contributed by atoms with Crippen molar-refractivity contribution in [3.63, 3.8) is 0 Å². The first-order valence-corrected chi connectivity index (χ1v) is 7.52. The van der Waals surface area contributed by atoms with Crippen LogP contribution < -0.4 is 5.32 Å². The second-order valence-corrected chi connectivity index (χ2v) is 5.36. The lowest BCUT2D eigenvalue weighted by atomic mass is 10.1. The summed E-state index contributed by atoms with van der Waals surface area (Å²) in [6.45, 7) is 0. The highest BCUT2D eigenvalue weighted by Crippen LogP contribution is 2.23. The number of rotatable bonds is 3. The van der Waals surface area contributed by atoms with Gasteiger partial charge in [-0.25, -0.2) is 9.97 Å². The molecule has 0 atom stereocenters. The molecule has 4 aromatic rings. The van der Waals surface area contributed by atoms with Gasteiger partial charge in [0.25, 0.3) is 0 Å². The minimum Gasteiger partial charge on any atom is -0.508 e. The quantitative estimate of drug-likeness (QED) is 0.556. The van der Waals surface area contributed by atoms with E-state index < -0.39 is 0 Å². The van der Waals surface area contributed by atoms with Crippen LogP contribution in [0.15, 0.2) is 73.1 Å². The van der Waals surface area contributed by atoms with Gasteiger partial charge in [0.15, 0.2) is 0 Å². The molecule has 0 radical (unpaired) electrons. The Morgan fingerprint density at radius 3 is 2.33 bits per heavy atom. The number of aromatic hydroxyl groups is 1. The lowest BCUT2D eigenvalue weighted by molar-refractivity contribution is 0.475. The van der Waals surface area contributed by atoms with Gasteiger partial charge in [0.2, 0.25) is 5.95 Å². The molecule has 2 N–H and O–H groups in total. The number of phenols is 1. The normalized spacial score (nSPS) is 10.7. The Morgan fingerprint density at radius 1 is 0.750 bits per heavy atom. The molecule has 0 spiro atoms. The molecule has 0 amide bonds. The highest BCUT2D eigenvalue weighted by atomic mass is 16.3. The summed E-state index contributed by atoms with van der Waals surface area (Å²) in [7, 11) is 0. The average Bonchev–Trinajstić information content (AvgIpc) is 2.64. The fourth-order valence-electron chi connectivity index (χ4n) is 2.44. The van der Waals surface area contributed by atoms with Gasteiger partial charge in [-0.3, -0.25) is 4.98 Å². The molecule has 4 rings (SSSR count). The second-order valence-electron chi connectivity index (χ2n) is 5.36. The van der Waals surface area contributed by atoms with E-state index in [2.05, 4.69) is 20.3 Å². The fourth-order valence-corrected chi connectivity index (χ4v) is 2.44. The van der Waals surface area contributed by atoms with Gasteiger partial charge in [-0.15, -0.1) is 0 Å². The van der Waals surface area contributed by atoms with Crippen molar-refractivity contribution in [1.29, 1.82) is 0 Å². The molecule has 116 valence electrons. The van der Waals surface area contributed by atoms with Crippen molar-refractivity contribution in [1.82, 2.24) is 15.0 Å². The van der Waals surface area contributed by atoms with Crippen LogP contribution in [-0.2, 0) is 0 Å². The summed E-state index contributed by atoms with van der Waals surface area (Å²) in [5.74, 6) is 0.705. The largest absolute Gasteiger partial charge is 0.508 e. The molecule has 0 unspecified atom stereocenters. The van der Waals surface area contributed by atoms with Crippen LogP contribution in [0.4, 0.5) is 11.6 Å². The Hall–Kier alpha value is -3.47. The van der Waals surface area contributed by atoms with Crippen molar-refractivity contribution in [2.75, 3.05) is 5.32 Å². The van der Waals surface area contributed by atoms with Crippen LogP contribution in [0.5, 0.6) is 5.75 Å². The van der Waals surface area contributed by atoms with Gasteiger partial charge in [-0.1, -0.05) is 30.3 Å². The fraction of sp³-hybridized carbons (Fsp3) is 0. The molecular weight excluding hydrogens is 300 g/mol. The number of anilines is 2. The number of fused-ring (bicyclic) bond motifs is 1. The van der Waals surface area contributed by atoms with E-state index in [1.54, 1.807) is 30.5 Å². The Morgan fingerprint density at radius 2 is 1.54 bits per heavy atom. The number of aromatic nitrogens is 3. The Kier molecular flexibility index (Phi) is 3.51. The summed E-state index contributed by atoms with van der Waals surface area (Å²) in [5, 5.41) is 12.5. The number of phenolic OH excluding ortho intramolecular Hbond substituents is 1. The molecule has 0 bridgehead atoms.